The van der Waals surface area contributed by atoms with Crippen molar-refractivity contribution in [1.29, 1.82) is 5.26 Å². The molecule has 0 aliphatic carbocycles. The quantitative estimate of drug-likeness (QED) is 0.0860. The number of nitrogens with one attached hydrogen (secondary N) is 2. The molecule has 0 bridgehead atoms. The van der Waals surface area contributed by atoms with E-state index in [1.165, 1.54) is 29.2 Å². The second-order valence-corrected chi connectivity index (χ2v) is 15.4. The zero-order chi connectivity index (χ0) is 43.6. The molecule has 316 valence electrons. The van der Waals surface area contributed by atoms with Crippen molar-refractivity contribution >= 4 is 35.2 Å². The van der Waals surface area contributed by atoms with Crippen LogP contribution in [0.5, 0.6) is 11.5 Å². The Morgan fingerprint density at radius 1 is 0.902 bits per heavy atom. The number of carbonyl (C=O) groups is 5. The average Bonchev–Trinajstić information content (AvgIpc) is 3.60. The van der Waals surface area contributed by atoms with Crippen molar-refractivity contribution in [3.63, 3.8) is 0 Å². The van der Waals surface area contributed by atoms with Crippen LogP contribution in [0.3, 0.4) is 0 Å². The molecule has 2 fully saturated rings. The number of halogens is 4. The molecule has 2 unspecified atom stereocenters. The third kappa shape index (κ3) is 8.90. The number of carbonyl (C=O) groups excluding carboxylic acids is 5. The number of hydrogen-bond acceptors (Lipinski definition) is 10. The molecule has 0 spiro atoms. The number of ether oxygens (including phenoxy) is 3. The fourth-order valence-electron chi connectivity index (χ4n) is 7.61. The standard InChI is InChI=1S/C44H39F4N5O8/c1-43(2)24-52(42(58)38(43)61-30-13-10-27(22-49)32(21-30)44(46,47)48)23-28-7-6-26(20-33(28)45)25-8-11-29(12-9-25)60-19-18-59-17-16-50-34-5-3-4-31-37(34)41(57)53(40(31)56)35-14-15-36(54)51-39(35)55/h3-13,20-21,35,38,50H,14-19,23-24H2,1-2H3,(H,51,54,55). The minimum atomic E-state index is -4.79. The number of likely N-dealkylation sites (tertiary alicyclic amines) is 1. The molecule has 3 heterocycles. The number of piperidine rings is 1. The summed E-state index contributed by atoms with van der Waals surface area (Å²) in [6.07, 6.45) is -5.84. The highest BCUT2D eigenvalue weighted by molar-refractivity contribution is 6.25. The number of hydrogen-bond donors (Lipinski definition) is 2. The molecule has 4 aromatic carbocycles. The predicted molar refractivity (Wildman–Crippen MR) is 210 cm³/mol. The molecule has 2 N–H and O–H groups in total. The van der Waals surface area contributed by atoms with Gasteiger partial charge in [-0.1, -0.05) is 44.2 Å². The maximum absolute atomic E-state index is 15.5. The van der Waals surface area contributed by atoms with Crippen LogP contribution in [-0.4, -0.2) is 84.4 Å². The number of nitriles is 1. The summed E-state index contributed by atoms with van der Waals surface area (Å²) >= 11 is 0. The zero-order valence-electron chi connectivity index (χ0n) is 32.9. The fraction of sp³-hybridized carbons (Fsp3) is 0.318. The summed E-state index contributed by atoms with van der Waals surface area (Å²) in [6, 6.07) is 19.8. The van der Waals surface area contributed by atoms with Gasteiger partial charge in [0, 0.05) is 42.7 Å². The minimum absolute atomic E-state index is 0.0274. The maximum Gasteiger partial charge on any atom is 0.417 e. The Kier molecular flexibility index (Phi) is 11.8. The highest BCUT2D eigenvalue weighted by Gasteiger charge is 2.49. The van der Waals surface area contributed by atoms with Crippen LogP contribution in [0, 0.1) is 22.6 Å². The van der Waals surface area contributed by atoms with Crippen molar-refractivity contribution in [3.8, 4) is 28.7 Å². The van der Waals surface area contributed by atoms with Gasteiger partial charge in [0.15, 0.2) is 6.10 Å². The van der Waals surface area contributed by atoms with Crippen LogP contribution in [0.2, 0.25) is 0 Å². The van der Waals surface area contributed by atoms with Crippen LogP contribution in [0.1, 0.15) is 64.1 Å². The first kappa shape index (κ1) is 42.3. The summed E-state index contributed by atoms with van der Waals surface area (Å²) in [7, 11) is 0. The van der Waals surface area contributed by atoms with Crippen LogP contribution >= 0.6 is 0 Å². The third-order valence-electron chi connectivity index (χ3n) is 10.6. The number of alkyl halides is 3. The van der Waals surface area contributed by atoms with Gasteiger partial charge in [-0.15, -0.1) is 0 Å². The average molecular weight is 842 g/mol. The molecule has 17 heteroatoms. The van der Waals surface area contributed by atoms with Gasteiger partial charge >= 0.3 is 6.18 Å². The van der Waals surface area contributed by atoms with E-state index in [0.29, 0.717) is 35.2 Å². The Hall–Kier alpha value is -6.80. The molecule has 4 aromatic rings. The summed E-state index contributed by atoms with van der Waals surface area (Å²) in [5, 5.41) is 14.4. The van der Waals surface area contributed by atoms with Gasteiger partial charge in [-0.25, -0.2) is 4.39 Å². The summed E-state index contributed by atoms with van der Waals surface area (Å²) in [5.41, 5.74) is -0.270. The van der Waals surface area contributed by atoms with Gasteiger partial charge in [0.2, 0.25) is 11.8 Å². The zero-order valence-corrected chi connectivity index (χ0v) is 32.9. The van der Waals surface area contributed by atoms with E-state index in [1.54, 1.807) is 62.4 Å². The Balaban J connectivity index is 0.866. The first-order valence-electron chi connectivity index (χ1n) is 19.3. The number of anilines is 1. The van der Waals surface area contributed by atoms with E-state index < -0.39 is 70.2 Å². The SMILES string of the molecule is CC1(C)CN(Cc2ccc(-c3ccc(OCCOCCNc4cccc5c4C(=O)N(C4CCC(=O)NC4=O)C5=O)cc3)cc2F)C(=O)C1Oc1ccc(C#N)c(C(F)(F)F)c1. The van der Waals surface area contributed by atoms with Crippen LogP contribution in [0.25, 0.3) is 11.1 Å². The highest BCUT2D eigenvalue weighted by atomic mass is 19.4. The smallest absolute Gasteiger partial charge is 0.417 e. The molecule has 0 saturated carbocycles. The molecule has 2 atom stereocenters. The molecular weight excluding hydrogens is 803 g/mol. The number of nitrogens with zero attached hydrogens (tertiary/aromatic N) is 3. The van der Waals surface area contributed by atoms with E-state index in [2.05, 4.69) is 10.6 Å². The number of imide groups is 2. The summed E-state index contributed by atoms with van der Waals surface area (Å²) in [6.45, 7) is 4.56. The second kappa shape index (κ2) is 17.1. The van der Waals surface area contributed by atoms with Gasteiger partial charge in [-0.05, 0) is 66.1 Å². The molecular formula is C44H39F4N5O8. The Bertz CT molecular complexity index is 2450. The van der Waals surface area contributed by atoms with Crippen molar-refractivity contribution in [2.24, 2.45) is 5.41 Å². The van der Waals surface area contributed by atoms with E-state index in [1.807, 2.05) is 0 Å². The van der Waals surface area contributed by atoms with E-state index in [-0.39, 0.29) is 68.2 Å². The van der Waals surface area contributed by atoms with Crippen LogP contribution in [0.15, 0.2) is 78.9 Å². The predicted octanol–water partition coefficient (Wildman–Crippen LogP) is 6.11. The molecule has 3 aliphatic heterocycles. The summed E-state index contributed by atoms with van der Waals surface area (Å²) < 4.78 is 73.2. The number of amides is 5. The van der Waals surface area contributed by atoms with Crippen molar-refractivity contribution in [2.45, 2.75) is 51.6 Å². The lowest BCUT2D eigenvalue weighted by molar-refractivity contribution is -0.138. The molecule has 5 amide bonds. The molecule has 0 radical (unpaired) electrons. The lowest BCUT2D eigenvalue weighted by atomic mass is 9.89. The highest BCUT2D eigenvalue weighted by Crippen LogP contribution is 2.39. The van der Waals surface area contributed by atoms with Crippen LogP contribution < -0.4 is 20.1 Å². The lowest BCUT2D eigenvalue weighted by Crippen LogP contribution is -2.54. The molecule has 61 heavy (non-hydrogen) atoms. The van der Waals surface area contributed by atoms with Gasteiger partial charge in [0.05, 0.1) is 41.5 Å². The molecule has 13 nitrogen and oxygen atoms in total. The Labute approximate surface area is 347 Å². The van der Waals surface area contributed by atoms with Gasteiger partial charge in [-0.2, -0.15) is 18.4 Å². The monoisotopic (exact) mass is 841 g/mol. The van der Waals surface area contributed by atoms with Crippen LogP contribution in [-0.2, 0) is 31.8 Å². The summed E-state index contributed by atoms with van der Waals surface area (Å²) in [4.78, 5) is 66.0. The van der Waals surface area contributed by atoms with Crippen molar-refractivity contribution in [2.75, 3.05) is 38.2 Å². The number of fused-ring (bicyclic) bond motifs is 1. The van der Waals surface area contributed by atoms with E-state index in [9.17, 15) is 37.1 Å². The first-order chi connectivity index (χ1) is 29.0. The Morgan fingerprint density at radius 2 is 1.64 bits per heavy atom. The Morgan fingerprint density at radius 3 is 2.34 bits per heavy atom. The van der Waals surface area contributed by atoms with Crippen molar-refractivity contribution in [1.82, 2.24) is 15.1 Å². The summed E-state index contributed by atoms with van der Waals surface area (Å²) in [5.74, 6) is -3.04. The van der Waals surface area contributed by atoms with Gasteiger partial charge in [0.1, 0.15) is 30.0 Å². The van der Waals surface area contributed by atoms with Crippen LogP contribution in [0.4, 0.5) is 23.2 Å². The second-order valence-electron chi connectivity index (χ2n) is 15.4. The molecule has 7 rings (SSSR count). The molecule has 0 aromatic heterocycles. The lowest BCUT2D eigenvalue weighted by Gasteiger charge is -2.27. The van der Waals surface area contributed by atoms with E-state index >= 15 is 4.39 Å². The first-order valence-corrected chi connectivity index (χ1v) is 19.3. The topological polar surface area (TPSA) is 167 Å². The molecule has 2 saturated heterocycles. The minimum Gasteiger partial charge on any atom is -0.491 e. The number of rotatable bonds is 14. The molecule has 3 aliphatic rings. The van der Waals surface area contributed by atoms with Gasteiger partial charge < -0.3 is 24.4 Å². The normalized spacial score (nSPS) is 18.5. The van der Waals surface area contributed by atoms with Crippen molar-refractivity contribution in [3.05, 3.63) is 112 Å². The third-order valence-corrected chi connectivity index (χ3v) is 10.6. The fourth-order valence-corrected chi connectivity index (χ4v) is 7.61. The van der Waals surface area contributed by atoms with E-state index in [0.717, 1.165) is 11.0 Å². The largest absolute Gasteiger partial charge is 0.491 e. The maximum atomic E-state index is 15.5. The number of benzene rings is 4. The van der Waals surface area contributed by atoms with Crippen molar-refractivity contribution < 1.29 is 55.7 Å². The van der Waals surface area contributed by atoms with Gasteiger partial charge in [-0.3, -0.25) is 34.2 Å². The van der Waals surface area contributed by atoms with Gasteiger partial charge in [0.25, 0.3) is 17.7 Å². The van der Waals surface area contributed by atoms with E-state index in [4.69, 9.17) is 19.5 Å².